The number of fused-ring (bicyclic) bond motifs is 2. The summed E-state index contributed by atoms with van der Waals surface area (Å²) in [5, 5.41) is -0.515. The molecule has 3 heterocycles. The maximum atomic E-state index is 12.7. The molecule has 10 nitrogen and oxygen atoms in total. The van der Waals surface area contributed by atoms with E-state index >= 15 is 0 Å². The summed E-state index contributed by atoms with van der Waals surface area (Å²) in [6, 6.07) is 8.34. The molecule has 2 bridgehead atoms. The highest BCUT2D eigenvalue weighted by Crippen LogP contribution is 2.53. The lowest BCUT2D eigenvalue weighted by Crippen LogP contribution is -2.47. The molecule has 4 atom stereocenters. The van der Waals surface area contributed by atoms with E-state index in [1.54, 1.807) is 37.3 Å². The van der Waals surface area contributed by atoms with E-state index in [1.165, 1.54) is 22.5 Å². The Bertz CT molecular complexity index is 1220. The van der Waals surface area contributed by atoms with Crippen molar-refractivity contribution in [2.24, 2.45) is 0 Å². The summed E-state index contributed by atoms with van der Waals surface area (Å²) in [7, 11) is -3.79. The van der Waals surface area contributed by atoms with Crippen molar-refractivity contribution in [2.45, 2.75) is 30.1 Å². The van der Waals surface area contributed by atoms with Gasteiger partial charge in [-0.15, -0.1) is 11.8 Å². The number of ether oxygens (including phenoxy) is 2. The summed E-state index contributed by atoms with van der Waals surface area (Å²) in [6.07, 6.45) is 0.514. The average molecular weight is 469 g/mol. The Kier molecular flexibility index (Phi) is 5.58. The first kappa shape index (κ1) is 21.8. The standard InChI is InChI=1S/C19H20N2O8S2/c1-11-8-21(18(24)20-15(11)22)16-13-14(28-17(23)12-6-4-3-5-7-12)19(29-16,10-30-13)9-27-31(2,25)26/h3-8,13-14,16H,9-10H2,1-2H3,(H,20,22,24)/t13-,14+,16-,19+/m1/s1. The second-order valence-corrected chi connectivity index (χ2v) is 10.3. The number of benzene rings is 1. The molecule has 2 aliphatic heterocycles. The lowest BCUT2D eigenvalue weighted by Gasteiger charge is -2.31. The van der Waals surface area contributed by atoms with E-state index in [1.807, 2.05) is 0 Å². The van der Waals surface area contributed by atoms with Gasteiger partial charge in [0.05, 0.1) is 23.7 Å². The van der Waals surface area contributed by atoms with Crippen molar-refractivity contribution >= 4 is 27.8 Å². The number of nitrogens with one attached hydrogen (secondary N) is 1. The summed E-state index contributed by atoms with van der Waals surface area (Å²) in [5.41, 5.74) is -1.85. The lowest BCUT2D eigenvalue weighted by atomic mass is 10.00. The van der Waals surface area contributed by atoms with Crippen molar-refractivity contribution < 1.29 is 26.9 Å². The van der Waals surface area contributed by atoms with Gasteiger partial charge in [-0.05, 0) is 19.1 Å². The van der Waals surface area contributed by atoms with Crippen LogP contribution in [0, 0.1) is 6.92 Å². The Morgan fingerprint density at radius 3 is 2.71 bits per heavy atom. The first-order chi connectivity index (χ1) is 14.6. The second kappa shape index (κ2) is 7.93. The number of carbonyl (C=O) groups is 1. The molecule has 1 N–H and O–H groups in total. The number of hydrogen-bond acceptors (Lipinski definition) is 9. The average Bonchev–Trinajstić information content (AvgIpc) is 3.21. The number of hydrogen-bond donors (Lipinski definition) is 1. The second-order valence-electron chi connectivity index (χ2n) is 7.49. The molecule has 31 heavy (non-hydrogen) atoms. The quantitative estimate of drug-likeness (QED) is 0.473. The summed E-state index contributed by atoms with van der Waals surface area (Å²) >= 11 is 1.38. The zero-order valence-corrected chi connectivity index (χ0v) is 18.3. The highest BCUT2D eigenvalue weighted by molar-refractivity contribution is 8.00. The first-order valence-corrected chi connectivity index (χ1v) is 12.2. The highest BCUT2D eigenvalue weighted by Gasteiger charge is 2.64. The van der Waals surface area contributed by atoms with Crippen LogP contribution in [0.15, 0.2) is 46.1 Å². The third-order valence-electron chi connectivity index (χ3n) is 5.15. The Balaban J connectivity index is 1.69. The van der Waals surface area contributed by atoms with Crippen molar-refractivity contribution in [3.63, 3.8) is 0 Å². The number of esters is 1. The molecule has 0 aliphatic carbocycles. The van der Waals surface area contributed by atoms with Gasteiger partial charge in [-0.25, -0.2) is 9.59 Å². The maximum Gasteiger partial charge on any atom is 0.338 e. The van der Waals surface area contributed by atoms with Crippen LogP contribution in [-0.2, 0) is 23.8 Å². The lowest BCUT2D eigenvalue weighted by molar-refractivity contribution is -0.111. The smallest absolute Gasteiger partial charge is 0.338 e. The molecule has 1 aromatic heterocycles. The van der Waals surface area contributed by atoms with E-state index in [-0.39, 0.29) is 6.61 Å². The van der Waals surface area contributed by atoms with Crippen LogP contribution in [0.1, 0.15) is 22.1 Å². The zero-order chi connectivity index (χ0) is 22.4. The molecule has 2 aromatic rings. The first-order valence-electron chi connectivity index (χ1n) is 9.32. The third kappa shape index (κ3) is 4.20. The fraction of sp³-hybridized carbons (Fsp3) is 0.421. The number of nitrogens with zero attached hydrogens (tertiary/aromatic N) is 1. The van der Waals surface area contributed by atoms with Gasteiger partial charge in [-0.2, -0.15) is 8.42 Å². The topological polar surface area (TPSA) is 134 Å². The van der Waals surface area contributed by atoms with Gasteiger partial charge in [0, 0.05) is 17.5 Å². The molecular weight excluding hydrogens is 448 g/mol. The van der Waals surface area contributed by atoms with Crippen LogP contribution in [0.4, 0.5) is 0 Å². The molecular formula is C19H20N2O8S2. The largest absolute Gasteiger partial charge is 0.454 e. The maximum absolute atomic E-state index is 12.7. The fourth-order valence-electron chi connectivity index (χ4n) is 3.63. The SMILES string of the molecule is Cc1cn([C@@H]2O[C@@]3(COS(C)(=O)=O)CS[C@@H]2[C@@H]3OC(=O)c2ccccc2)c(=O)[nH]c1=O. The van der Waals surface area contributed by atoms with E-state index in [2.05, 4.69) is 4.98 Å². The molecule has 166 valence electrons. The number of aryl methyl sites for hydroxylation is 1. The van der Waals surface area contributed by atoms with Crippen molar-refractivity contribution in [1.29, 1.82) is 0 Å². The van der Waals surface area contributed by atoms with Crippen molar-refractivity contribution in [2.75, 3.05) is 18.6 Å². The molecule has 0 saturated carbocycles. The van der Waals surface area contributed by atoms with E-state index in [0.717, 1.165) is 6.26 Å². The van der Waals surface area contributed by atoms with Gasteiger partial charge >= 0.3 is 11.7 Å². The van der Waals surface area contributed by atoms with Crippen LogP contribution in [0.5, 0.6) is 0 Å². The minimum absolute atomic E-state index is 0.299. The molecule has 0 radical (unpaired) electrons. The van der Waals surface area contributed by atoms with E-state index in [4.69, 9.17) is 13.7 Å². The number of aromatic amines is 1. The van der Waals surface area contributed by atoms with Crippen LogP contribution >= 0.6 is 11.8 Å². The predicted molar refractivity (Wildman–Crippen MR) is 112 cm³/mol. The Morgan fingerprint density at radius 2 is 2.03 bits per heavy atom. The molecule has 0 unspecified atom stereocenters. The molecule has 2 fully saturated rings. The number of aromatic nitrogens is 2. The minimum Gasteiger partial charge on any atom is -0.454 e. The van der Waals surface area contributed by atoms with Crippen LogP contribution in [-0.4, -0.2) is 59.5 Å². The number of carbonyl (C=O) groups excluding carboxylic acids is 1. The van der Waals surface area contributed by atoms with E-state index in [9.17, 15) is 22.8 Å². The Hall–Kier alpha value is -2.41. The minimum atomic E-state index is -3.79. The van der Waals surface area contributed by atoms with Crippen LogP contribution < -0.4 is 11.2 Å². The number of rotatable bonds is 6. The third-order valence-corrected chi connectivity index (χ3v) is 7.22. The summed E-state index contributed by atoms with van der Waals surface area (Å²) in [4.78, 5) is 39.1. The molecule has 0 spiro atoms. The van der Waals surface area contributed by atoms with Gasteiger partial charge in [0.25, 0.3) is 15.7 Å². The molecule has 2 aliphatic rings. The van der Waals surface area contributed by atoms with Gasteiger partial charge in [0.15, 0.2) is 12.3 Å². The van der Waals surface area contributed by atoms with Gasteiger partial charge in [0.2, 0.25) is 0 Å². The highest BCUT2D eigenvalue weighted by atomic mass is 32.2. The van der Waals surface area contributed by atoms with Gasteiger partial charge in [0.1, 0.15) is 5.60 Å². The van der Waals surface area contributed by atoms with Crippen molar-refractivity contribution in [3.8, 4) is 0 Å². The fourth-order valence-corrected chi connectivity index (χ4v) is 5.67. The van der Waals surface area contributed by atoms with Crippen LogP contribution in [0.3, 0.4) is 0 Å². The summed E-state index contributed by atoms with van der Waals surface area (Å²) in [5.74, 6) is -0.302. The van der Waals surface area contributed by atoms with Crippen LogP contribution in [0.25, 0.3) is 0 Å². The summed E-state index contributed by atoms with van der Waals surface area (Å²) < 4.78 is 41.3. The van der Waals surface area contributed by atoms with Crippen LogP contribution in [0.2, 0.25) is 0 Å². The number of thioether (sulfide) groups is 1. The summed E-state index contributed by atoms with van der Waals surface area (Å²) in [6.45, 7) is 1.17. The van der Waals surface area contributed by atoms with Gasteiger partial charge < -0.3 is 9.47 Å². The van der Waals surface area contributed by atoms with Gasteiger partial charge in [-0.3, -0.25) is 18.5 Å². The predicted octanol–water partition coefficient (Wildman–Crippen LogP) is 0.430. The molecule has 2 saturated heterocycles. The Labute approximate surface area is 181 Å². The van der Waals surface area contributed by atoms with Gasteiger partial charge in [-0.1, -0.05) is 18.2 Å². The molecule has 4 rings (SSSR count). The Morgan fingerprint density at radius 1 is 1.32 bits per heavy atom. The normalized spacial score (nSPS) is 27.4. The number of H-pyrrole nitrogens is 1. The molecule has 1 aromatic carbocycles. The zero-order valence-electron chi connectivity index (χ0n) is 16.6. The van der Waals surface area contributed by atoms with Crippen molar-refractivity contribution in [3.05, 3.63) is 68.5 Å². The molecule has 0 amide bonds. The molecule has 12 heteroatoms. The van der Waals surface area contributed by atoms with Crippen molar-refractivity contribution in [1.82, 2.24) is 9.55 Å². The monoisotopic (exact) mass is 468 g/mol. The van der Waals surface area contributed by atoms with E-state index < -0.39 is 50.5 Å². The van der Waals surface area contributed by atoms with E-state index in [0.29, 0.717) is 16.9 Å².